The summed E-state index contributed by atoms with van der Waals surface area (Å²) in [5.41, 5.74) is 19.8. The zero-order chi connectivity index (χ0) is 95.2. The summed E-state index contributed by atoms with van der Waals surface area (Å²) in [5.74, 6) is 0. The Kier molecular flexibility index (Phi) is 22.3. The summed E-state index contributed by atoms with van der Waals surface area (Å²) < 4.78 is 37.6. The van der Waals surface area contributed by atoms with Gasteiger partial charge in [-0.1, -0.05) is 345 Å². The van der Waals surface area contributed by atoms with E-state index in [2.05, 4.69) is 442 Å². The molecule has 0 N–H and O–H groups in total. The molecule has 0 amide bonds. The predicted octanol–water partition coefficient (Wildman–Crippen LogP) is 40.6. The van der Waals surface area contributed by atoms with E-state index in [1.54, 1.807) is 0 Å². The van der Waals surface area contributed by atoms with Crippen LogP contribution in [-0.2, 0) is 25.7 Å². The Labute approximate surface area is 821 Å². The molecule has 142 heavy (non-hydrogen) atoms. The Morgan fingerprint density at radius 1 is 0.148 bits per heavy atom. The van der Waals surface area contributed by atoms with Crippen LogP contribution in [0.25, 0.3) is 261 Å². The number of fused-ring (bicyclic) bond motifs is 42. The minimum Gasteiger partial charge on any atom is -0.455 e. The van der Waals surface area contributed by atoms with Gasteiger partial charge in [-0.05, 0) is 292 Å². The largest absolute Gasteiger partial charge is 0.455 e. The van der Waals surface area contributed by atoms with Gasteiger partial charge >= 0.3 is 0 Å². The molecule has 24 aromatic carbocycles. The number of hydrogen-bond donors (Lipinski definition) is 0. The molecule has 30 aromatic rings. The molecule has 0 spiro atoms. The van der Waals surface area contributed by atoms with Crippen molar-refractivity contribution in [1.82, 2.24) is 0 Å². The third-order valence-corrected chi connectivity index (χ3v) is 29.6. The summed E-state index contributed by atoms with van der Waals surface area (Å²) in [6, 6.07) is 143. The van der Waals surface area contributed by atoms with Crippen molar-refractivity contribution in [3.63, 3.8) is 0 Å². The van der Waals surface area contributed by atoms with E-state index in [1.165, 1.54) is 259 Å². The van der Waals surface area contributed by atoms with E-state index in [-0.39, 0.29) is 0 Å². The van der Waals surface area contributed by atoms with Crippen LogP contribution >= 0.6 is 0 Å². The number of aryl methyl sites for hydroxylation is 6. The van der Waals surface area contributed by atoms with Gasteiger partial charge in [0.25, 0.3) is 0 Å². The summed E-state index contributed by atoms with van der Waals surface area (Å²) in [7, 11) is 0. The van der Waals surface area contributed by atoms with Crippen molar-refractivity contribution in [2.45, 2.75) is 106 Å². The van der Waals surface area contributed by atoms with E-state index >= 15 is 0 Å². The van der Waals surface area contributed by atoms with Crippen LogP contribution < -0.4 is 0 Å². The normalized spacial score (nSPS) is 11.9. The van der Waals surface area contributed by atoms with Crippen LogP contribution in [0.2, 0.25) is 0 Å². The minimum absolute atomic E-state index is 0.968. The highest BCUT2D eigenvalue weighted by Gasteiger charge is 2.21. The Balaban J connectivity index is 0.0000000896. The maximum atomic E-state index is 6.36. The van der Waals surface area contributed by atoms with Crippen LogP contribution in [-0.4, -0.2) is 0 Å². The van der Waals surface area contributed by atoms with Crippen LogP contribution in [0.4, 0.5) is 0 Å². The fourth-order valence-electron chi connectivity index (χ4n) is 22.3. The predicted molar refractivity (Wildman–Crippen MR) is 607 cm³/mol. The quantitative estimate of drug-likeness (QED) is 0.100. The Hall–Kier alpha value is -16.8. The molecule has 0 aliphatic heterocycles. The molecule has 6 aromatic heterocycles. The molecule has 684 valence electrons. The molecule has 0 radical (unpaired) electrons. The van der Waals surface area contributed by atoms with Crippen LogP contribution in [0, 0.1) is 13.8 Å². The van der Waals surface area contributed by atoms with Gasteiger partial charge in [-0.3, -0.25) is 0 Å². The molecule has 0 aliphatic rings. The first-order valence-electron chi connectivity index (χ1n) is 50.5. The second-order valence-electron chi connectivity index (χ2n) is 38.5. The monoisotopic (exact) mass is 1830 g/mol. The summed E-state index contributed by atoms with van der Waals surface area (Å²) in [6.07, 6.45) is 11.8. The molecule has 0 bridgehead atoms. The van der Waals surface area contributed by atoms with Crippen LogP contribution in [0.3, 0.4) is 0 Å². The van der Waals surface area contributed by atoms with Crippen LogP contribution in [0.5, 0.6) is 0 Å². The average molecular weight is 1830 g/mol. The molecule has 6 nitrogen and oxygen atoms in total. The maximum Gasteiger partial charge on any atom is 0.143 e. The lowest BCUT2D eigenvalue weighted by Gasteiger charge is -2.04. The number of benzene rings is 24. The van der Waals surface area contributed by atoms with Gasteiger partial charge in [0.2, 0.25) is 0 Å². The molecule has 0 fully saturated rings. The van der Waals surface area contributed by atoms with Crippen LogP contribution in [0.1, 0.15) is 99.6 Å². The molecular weight excluding hydrogens is 1730 g/mol. The molecule has 0 saturated heterocycles. The highest BCUT2D eigenvalue weighted by atomic mass is 16.3. The van der Waals surface area contributed by atoms with Crippen molar-refractivity contribution in [3.8, 4) is 0 Å². The lowest BCUT2D eigenvalue weighted by molar-refractivity contribution is 0.670. The number of unbranched alkanes of at least 4 members (excludes halogenated alkanes) is 3. The van der Waals surface area contributed by atoms with Gasteiger partial charge < -0.3 is 26.5 Å². The highest BCUT2D eigenvalue weighted by Crippen LogP contribution is 2.46. The van der Waals surface area contributed by atoms with E-state index in [9.17, 15) is 0 Å². The number of rotatable bonds is 10. The SMILES string of the molecule is CCCCCc1ccc2c(c1)oc1c2ccc2c3ccccc3ccc21.CCCCc1ccc2c(c1)oc1c2ccc2c3ccccc3ccc21.CCCc1ccc2c(c1)oc1c2ccc2c3ccccc3ccc21.CCc1ccc2c(c1)oc1c2ccc2c3ccccc3ccc21.Cc1ccc2c(c1)oc1c2ccc2c3ccccc3ccc21.Cc1ccc2c(c1)oc1c2ccc2c3ccccc3ccc21. The molecule has 0 atom stereocenters. The smallest absolute Gasteiger partial charge is 0.143 e. The van der Waals surface area contributed by atoms with Crippen molar-refractivity contribution in [2.24, 2.45) is 0 Å². The third-order valence-electron chi connectivity index (χ3n) is 29.6. The highest BCUT2D eigenvalue weighted by molar-refractivity contribution is 6.27. The second-order valence-corrected chi connectivity index (χ2v) is 38.5. The summed E-state index contributed by atoms with van der Waals surface area (Å²) in [4.78, 5) is 0. The van der Waals surface area contributed by atoms with Gasteiger partial charge in [0.05, 0.1) is 0 Å². The molecule has 0 saturated carbocycles. The molecule has 0 unspecified atom stereocenters. The third kappa shape index (κ3) is 15.4. The van der Waals surface area contributed by atoms with Gasteiger partial charge in [-0.2, -0.15) is 0 Å². The van der Waals surface area contributed by atoms with Gasteiger partial charge in [-0.15, -0.1) is 0 Å². The molecule has 30 rings (SSSR count). The standard InChI is InChI=1S/C25H22O.C24H20O.C23H18O.C22H16O.2C21H14O/c1-2-3-4-7-17-10-12-21-23-15-14-20-19-9-6-5-8-18(19)11-13-22(20)25(23)26-24(21)16-17;1-2-3-6-16-9-11-20-22-14-13-19-18-8-5-4-7-17(18)10-12-21(19)24(22)25-23(20)15-16;1-2-5-15-8-10-19-21-13-12-18-17-7-4-3-6-16(17)9-11-20(18)23(21)24-22(19)14-15;1-2-14-7-9-18-20-12-11-17-16-6-4-3-5-15(16)8-10-19(17)22(20)23-21(18)13-14;2*1-13-6-8-17-19-11-10-16-15-5-3-2-4-14(15)7-9-18(16)21(19)22-20(17)12-13/h5-6,8-16H,2-4,7H2,1H3;4-5,7-15H,2-3,6H2,1H3;3-4,6-14H,2,5H2,1H3;3-13H,2H2,1H3;2*2-12H,1H3. The van der Waals surface area contributed by atoms with Crippen LogP contribution in [0.15, 0.2) is 427 Å². The van der Waals surface area contributed by atoms with Crippen molar-refractivity contribution in [3.05, 3.63) is 434 Å². The summed E-state index contributed by atoms with van der Waals surface area (Å²) in [5, 5.41) is 44.4. The first-order valence-corrected chi connectivity index (χ1v) is 50.5. The minimum atomic E-state index is 0.968. The Bertz CT molecular complexity index is 10100. The van der Waals surface area contributed by atoms with Gasteiger partial charge in [0, 0.05) is 97.0 Å². The van der Waals surface area contributed by atoms with Crippen molar-refractivity contribution in [1.29, 1.82) is 0 Å². The summed E-state index contributed by atoms with van der Waals surface area (Å²) in [6.45, 7) is 13.1. The van der Waals surface area contributed by atoms with Gasteiger partial charge in [0.15, 0.2) is 0 Å². The lowest BCUT2D eigenvalue weighted by atomic mass is 9.99. The first kappa shape index (κ1) is 86.8. The van der Waals surface area contributed by atoms with E-state index in [4.69, 9.17) is 26.5 Å². The second kappa shape index (κ2) is 36.5. The van der Waals surface area contributed by atoms with E-state index in [1.807, 2.05) is 0 Å². The lowest BCUT2D eigenvalue weighted by Crippen LogP contribution is -1.84. The first-order chi connectivity index (χ1) is 70.0. The number of furan rings is 6. The van der Waals surface area contributed by atoms with Crippen molar-refractivity contribution < 1.29 is 26.5 Å². The van der Waals surface area contributed by atoms with Gasteiger partial charge in [0.1, 0.15) is 67.0 Å². The molecular formula is C136H104O6. The van der Waals surface area contributed by atoms with E-state index < -0.39 is 0 Å². The Morgan fingerprint density at radius 3 is 0.599 bits per heavy atom. The molecule has 6 heterocycles. The molecule has 6 heteroatoms. The Morgan fingerprint density at radius 2 is 0.345 bits per heavy atom. The number of hydrogen-bond acceptors (Lipinski definition) is 6. The van der Waals surface area contributed by atoms with Crippen molar-refractivity contribution >= 4 is 261 Å². The topological polar surface area (TPSA) is 78.8 Å². The zero-order valence-corrected chi connectivity index (χ0v) is 80.6. The fraction of sp³-hybridized carbons (Fsp3) is 0.118. The fourth-order valence-corrected chi connectivity index (χ4v) is 22.3. The van der Waals surface area contributed by atoms with Crippen molar-refractivity contribution in [2.75, 3.05) is 0 Å². The maximum absolute atomic E-state index is 6.36. The zero-order valence-electron chi connectivity index (χ0n) is 80.6. The van der Waals surface area contributed by atoms with E-state index in [0.29, 0.717) is 0 Å². The van der Waals surface area contributed by atoms with E-state index in [0.717, 1.165) is 99.1 Å². The van der Waals surface area contributed by atoms with Gasteiger partial charge in [-0.25, -0.2) is 0 Å². The summed E-state index contributed by atoms with van der Waals surface area (Å²) >= 11 is 0. The average Bonchev–Trinajstić information content (AvgIpc) is 1.60. The molecule has 0 aliphatic carbocycles.